The van der Waals surface area contributed by atoms with Crippen LogP contribution < -0.4 is 10.6 Å². The van der Waals surface area contributed by atoms with E-state index in [1.807, 2.05) is 24.3 Å². The first-order valence-electron chi connectivity index (χ1n) is 7.02. The third kappa shape index (κ3) is 3.72. The summed E-state index contributed by atoms with van der Waals surface area (Å²) in [6, 6.07) is 13.8. The zero-order chi connectivity index (χ0) is 15.1. The molecule has 0 aliphatic heterocycles. The van der Waals surface area contributed by atoms with Crippen molar-refractivity contribution in [3.8, 4) is 0 Å². The van der Waals surface area contributed by atoms with Crippen molar-refractivity contribution in [2.75, 3.05) is 11.4 Å². The Kier molecular flexibility index (Phi) is 5.15. The average molecular weight is 284 g/mol. The number of amidine groups is 1. The van der Waals surface area contributed by atoms with E-state index < -0.39 is 0 Å². The fourth-order valence-electron chi connectivity index (χ4n) is 2.06. The van der Waals surface area contributed by atoms with Crippen LogP contribution in [0.3, 0.4) is 0 Å². The van der Waals surface area contributed by atoms with E-state index in [1.165, 1.54) is 0 Å². The quantitative estimate of drug-likeness (QED) is 0.370. The normalized spacial score (nSPS) is 11.4. The molecule has 2 aromatic rings. The number of aromatic nitrogens is 1. The zero-order valence-corrected chi connectivity index (χ0v) is 12.1. The molecule has 0 saturated heterocycles. The smallest absolute Gasteiger partial charge is 0.171 e. The third-order valence-electron chi connectivity index (χ3n) is 3.23. The van der Waals surface area contributed by atoms with Crippen LogP contribution in [0.2, 0.25) is 0 Å². The number of nitrogens with two attached hydrogens (primary N) is 1. The predicted octanol–water partition coefficient (Wildman–Crippen LogP) is 3.11. The Bertz CT molecular complexity index is 581. The molecule has 0 saturated carbocycles. The molecule has 0 bridgehead atoms. The van der Waals surface area contributed by atoms with Gasteiger partial charge in [0.15, 0.2) is 5.84 Å². The topological polar surface area (TPSA) is 74.7 Å². The SMILES string of the molecule is CCCCN(c1ccccc1)c1ccc(C(N)=NO)cn1. The number of para-hydroxylation sites is 1. The van der Waals surface area contributed by atoms with Gasteiger partial charge in [-0.25, -0.2) is 4.98 Å². The van der Waals surface area contributed by atoms with Gasteiger partial charge in [-0.15, -0.1) is 0 Å². The first-order chi connectivity index (χ1) is 10.3. The summed E-state index contributed by atoms with van der Waals surface area (Å²) in [5.74, 6) is 0.915. The maximum Gasteiger partial charge on any atom is 0.171 e. The van der Waals surface area contributed by atoms with Crippen LogP contribution >= 0.6 is 0 Å². The van der Waals surface area contributed by atoms with Crippen molar-refractivity contribution < 1.29 is 5.21 Å². The van der Waals surface area contributed by atoms with Crippen LogP contribution in [-0.2, 0) is 0 Å². The zero-order valence-electron chi connectivity index (χ0n) is 12.1. The lowest BCUT2D eigenvalue weighted by atomic mass is 10.2. The lowest BCUT2D eigenvalue weighted by Gasteiger charge is -2.23. The Morgan fingerprint density at radius 1 is 1.24 bits per heavy atom. The molecule has 1 heterocycles. The van der Waals surface area contributed by atoms with Crippen LogP contribution in [0.1, 0.15) is 25.3 Å². The largest absolute Gasteiger partial charge is 0.409 e. The van der Waals surface area contributed by atoms with Gasteiger partial charge in [0.05, 0.1) is 0 Å². The number of unbranched alkanes of at least 4 members (excludes halogenated alkanes) is 1. The maximum absolute atomic E-state index is 8.69. The number of benzene rings is 1. The fourth-order valence-corrected chi connectivity index (χ4v) is 2.06. The minimum absolute atomic E-state index is 0.0638. The van der Waals surface area contributed by atoms with Crippen LogP contribution in [0.15, 0.2) is 53.8 Å². The van der Waals surface area contributed by atoms with E-state index in [0.717, 1.165) is 30.9 Å². The Morgan fingerprint density at radius 3 is 2.57 bits per heavy atom. The van der Waals surface area contributed by atoms with Gasteiger partial charge in [-0.1, -0.05) is 36.7 Å². The van der Waals surface area contributed by atoms with Gasteiger partial charge in [0.1, 0.15) is 5.82 Å². The third-order valence-corrected chi connectivity index (χ3v) is 3.23. The number of oxime groups is 1. The van der Waals surface area contributed by atoms with Crippen LogP contribution in [-0.4, -0.2) is 22.6 Å². The summed E-state index contributed by atoms with van der Waals surface area (Å²) in [5.41, 5.74) is 7.27. The monoisotopic (exact) mass is 284 g/mol. The molecule has 0 spiro atoms. The van der Waals surface area contributed by atoms with Gasteiger partial charge in [0, 0.05) is 24.0 Å². The van der Waals surface area contributed by atoms with E-state index in [-0.39, 0.29) is 5.84 Å². The van der Waals surface area contributed by atoms with E-state index in [4.69, 9.17) is 10.9 Å². The second-order valence-electron chi connectivity index (χ2n) is 4.73. The second-order valence-corrected chi connectivity index (χ2v) is 4.73. The molecule has 0 aliphatic rings. The average Bonchev–Trinajstić information content (AvgIpc) is 2.56. The molecule has 5 heteroatoms. The van der Waals surface area contributed by atoms with Gasteiger partial charge < -0.3 is 15.8 Å². The molecule has 0 unspecified atom stereocenters. The minimum Gasteiger partial charge on any atom is -0.409 e. The predicted molar refractivity (Wildman–Crippen MR) is 85.1 cm³/mol. The highest BCUT2D eigenvalue weighted by atomic mass is 16.4. The molecule has 2 rings (SSSR count). The standard InChI is InChI=1S/C16H20N4O/c1-2-3-11-20(14-7-5-4-6-8-14)15-10-9-13(12-18-15)16(17)19-21/h4-10,12,21H,2-3,11H2,1H3,(H2,17,19). The number of anilines is 2. The fraction of sp³-hybridized carbons (Fsp3) is 0.250. The molecule has 0 aliphatic carbocycles. The highest BCUT2D eigenvalue weighted by Crippen LogP contribution is 2.23. The molecule has 1 aromatic carbocycles. The maximum atomic E-state index is 8.69. The first kappa shape index (κ1) is 14.8. The van der Waals surface area contributed by atoms with Crippen molar-refractivity contribution in [1.82, 2.24) is 4.98 Å². The molecule has 3 N–H and O–H groups in total. The summed E-state index contributed by atoms with van der Waals surface area (Å²) in [5, 5.41) is 11.7. The van der Waals surface area contributed by atoms with Gasteiger partial charge in [0.25, 0.3) is 0 Å². The van der Waals surface area contributed by atoms with Crippen molar-refractivity contribution in [2.45, 2.75) is 19.8 Å². The highest BCUT2D eigenvalue weighted by Gasteiger charge is 2.10. The molecule has 0 atom stereocenters. The first-order valence-corrected chi connectivity index (χ1v) is 7.02. The van der Waals surface area contributed by atoms with Gasteiger partial charge in [-0.2, -0.15) is 0 Å². The number of hydrogen-bond donors (Lipinski definition) is 2. The number of pyridine rings is 1. The van der Waals surface area contributed by atoms with E-state index in [0.29, 0.717) is 5.56 Å². The number of hydrogen-bond acceptors (Lipinski definition) is 4. The van der Waals surface area contributed by atoms with E-state index in [2.05, 4.69) is 34.1 Å². The molecule has 1 aromatic heterocycles. The highest BCUT2D eigenvalue weighted by molar-refractivity contribution is 5.96. The molecular weight excluding hydrogens is 264 g/mol. The molecule has 21 heavy (non-hydrogen) atoms. The summed E-state index contributed by atoms with van der Waals surface area (Å²) in [6.07, 6.45) is 3.82. The number of nitrogens with zero attached hydrogens (tertiary/aromatic N) is 3. The van der Waals surface area contributed by atoms with Crippen LogP contribution in [0.25, 0.3) is 0 Å². The van der Waals surface area contributed by atoms with Crippen molar-refractivity contribution in [1.29, 1.82) is 0 Å². The van der Waals surface area contributed by atoms with Gasteiger partial charge >= 0.3 is 0 Å². The van der Waals surface area contributed by atoms with Gasteiger partial charge in [-0.3, -0.25) is 0 Å². The van der Waals surface area contributed by atoms with Crippen LogP contribution in [0, 0.1) is 0 Å². The second kappa shape index (κ2) is 7.28. The molecular formula is C16H20N4O. The summed E-state index contributed by atoms with van der Waals surface area (Å²) in [4.78, 5) is 6.60. The summed E-state index contributed by atoms with van der Waals surface area (Å²) < 4.78 is 0. The van der Waals surface area contributed by atoms with E-state index in [1.54, 1.807) is 12.3 Å². The summed E-state index contributed by atoms with van der Waals surface area (Å²) >= 11 is 0. The van der Waals surface area contributed by atoms with Crippen molar-refractivity contribution in [2.24, 2.45) is 10.9 Å². The molecule has 0 amide bonds. The van der Waals surface area contributed by atoms with Gasteiger partial charge in [-0.05, 0) is 30.7 Å². The van der Waals surface area contributed by atoms with Crippen molar-refractivity contribution >= 4 is 17.3 Å². The minimum atomic E-state index is 0.0638. The van der Waals surface area contributed by atoms with E-state index in [9.17, 15) is 0 Å². The Hall–Kier alpha value is -2.56. The summed E-state index contributed by atoms with van der Waals surface area (Å²) in [7, 11) is 0. The van der Waals surface area contributed by atoms with Gasteiger partial charge in [0.2, 0.25) is 0 Å². The molecule has 0 fully saturated rings. The van der Waals surface area contributed by atoms with Crippen molar-refractivity contribution in [3.05, 3.63) is 54.2 Å². The molecule has 0 radical (unpaired) electrons. The number of rotatable bonds is 6. The Morgan fingerprint density at radius 2 is 2.00 bits per heavy atom. The van der Waals surface area contributed by atoms with Crippen molar-refractivity contribution in [3.63, 3.8) is 0 Å². The molecule has 110 valence electrons. The lowest BCUT2D eigenvalue weighted by molar-refractivity contribution is 0.318. The Balaban J connectivity index is 2.28. The van der Waals surface area contributed by atoms with Crippen LogP contribution in [0.4, 0.5) is 11.5 Å². The Labute approximate surface area is 124 Å². The lowest BCUT2D eigenvalue weighted by Crippen LogP contribution is -2.20. The van der Waals surface area contributed by atoms with E-state index >= 15 is 0 Å². The molecule has 5 nitrogen and oxygen atoms in total. The van der Waals surface area contributed by atoms with Crippen LogP contribution in [0.5, 0.6) is 0 Å². The summed E-state index contributed by atoms with van der Waals surface area (Å²) in [6.45, 7) is 3.06.